The summed E-state index contributed by atoms with van der Waals surface area (Å²) >= 11 is 1.33. The van der Waals surface area contributed by atoms with Crippen molar-refractivity contribution in [3.8, 4) is 0 Å². The lowest BCUT2D eigenvalue weighted by Crippen LogP contribution is -2.32. The number of aromatic nitrogens is 1. The highest BCUT2D eigenvalue weighted by Gasteiger charge is 2.28. The van der Waals surface area contributed by atoms with E-state index in [2.05, 4.69) is 22.0 Å². The fourth-order valence-electron chi connectivity index (χ4n) is 3.85. The fraction of sp³-hybridized carbons (Fsp3) is 0.455. The van der Waals surface area contributed by atoms with E-state index in [1.54, 1.807) is 11.8 Å². The van der Waals surface area contributed by atoms with Crippen LogP contribution in [0.4, 0.5) is 17.2 Å². The molecule has 0 atom stereocenters. The van der Waals surface area contributed by atoms with Crippen LogP contribution < -0.4 is 10.6 Å². The summed E-state index contributed by atoms with van der Waals surface area (Å²) in [6.07, 6.45) is 4.25. The van der Waals surface area contributed by atoms with E-state index in [4.69, 9.17) is 10.5 Å². The lowest BCUT2D eigenvalue weighted by molar-refractivity contribution is -0.383. The first-order chi connectivity index (χ1) is 15.4. The van der Waals surface area contributed by atoms with E-state index in [0.717, 1.165) is 25.2 Å². The Morgan fingerprint density at radius 2 is 2.03 bits per heavy atom. The van der Waals surface area contributed by atoms with Gasteiger partial charge in [-0.1, -0.05) is 24.3 Å². The van der Waals surface area contributed by atoms with Crippen molar-refractivity contribution in [3.05, 3.63) is 51.6 Å². The number of likely N-dealkylation sites (tertiary alicyclic amines) is 1. The summed E-state index contributed by atoms with van der Waals surface area (Å²) in [5.74, 6) is -0.415. The number of thioether (sulfide) groups is 1. The number of benzene rings is 1. The van der Waals surface area contributed by atoms with E-state index >= 15 is 0 Å². The molecule has 0 spiro atoms. The Labute approximate surface area is 192 Å². The van der Waals surface area contributed by atoms with Gasteiger partial charge < -0.3 is 15.4 Å². The van der Waals surface area contributed by atoms with Gasteiger partial charge in [0.15, 0.2) is 0 Å². The molecular weight excluding hydrogens is 430 g/mol. The quantitative estimate of drug-likeness (QED) is 0.247. The number of nitrogen functional groups attached to an aromatic ring is 1. The summed E-state index contributed by atoms with van der Waals surface area (Å²) in [6, 6.07) is 9.54. The van der Waals surface area contributed by atoms with E-state index < -0.39 is 10.9 Å². The number of carbonyl (C=O) groups is 1. The third kappa shape index (κ3) is 6.10. The van der Waals surface area contributed by atoms with Gasteiger partial charge in [-0.25, -0.2) is 4.98 Å². The first kappa shape index (κ1) is 23.8. The molecule has 0 saturated carbocycles. The summed E-state index contributed by atoms with van der Waals surface area (Å²) in [5.41, 5.74) is 7.79. The average molecular weight is 460 g/mol. The monoisotopic (exact) mass is 459 g/mol. The van der Waals surface area contributed by atoms with E-state index in [0.29, 0.717) is 5.03 Å². The molecule has 9 nitrogen and oxygen atoms in total. The number of esters is 1. The van der Waals surface area contributed by atoms with Gasteiger partial charge in [0, 0.05) is 19.2 Å². The van der Waals surface area contributed by atoms with Gasteiger partial charge in [0.25, 0.3) is 0 Å². The second kappa shape index (κ2) is 11.1. The number of rotatable bonds is 10. The number of ether oxygens (including phenoxy) is 1. The van der Waals surface area contributed by atoms with Gasteiger partial charge in [-0.2, -0.15) is 0 Å². The van der Waals surface area contributed by atoms with E-state index in [-0.39, 0.29) is 36.9 Å². The molecule has 0 bridgehead atoms. The number of carbonyl (C=O) groups excluding carboxylic acids is 1. The van der Waals surface area contributed by atoms with Gasteiger partial charge in [-0.3, -0.25) is 19.8 Å². The highest BCUT2D eigenvalue weighted by Crippen LogP contribution is 2.35. The molecule has 1 aromatic carbocycles. The Bertz CT molecular complexity index is 965. The van der Waals surface area contributed by atoms with Gasteiger partial charge in [0.2, 0.25) is 5.82 Å². The van der Waals surface area contributed by atoms with Crippen molar-refractivity contribution < 1.29 is 14.5 Å². The fourth-order valence-corrected chi connectivity index (χ4v) is 4.27. The maximum absolute atomic E-state index is 12.3. The van der Waals surface area contributed by atoms with Crippen LogP contribution in [0.15, 0.2) is 35.4 Å². The molecule has 172 valence electrons. The zero-order chi connectivity index (χ0) is 23.1. The van der Waals surface area contributed by atoms with E-state index in [1.807, 2.05) is 18.4 Å². The Hall–Kier alpha value is -2.85. The highest BCUT2D eigenvalue weighted by atomic mass is 32.2. The molecule has 3 rings (SSSR count). The van der Waals surface area contributed by atoms with Gasteiger partial charge in [-0.15, -0.1) is 11.8 Å². The number of anilines is 2. The molecule has 0 unspecified atom stereocenters. The van der Waals surface area contributed by atoms with Crippen LogP contribution in [0.2, 0.25) is 0 Å². The van der Waals surface area contributed by atoms with Crippen LogP contribution in [0.3, 0.4) is 0 Å². The van der Waals surface area contributed by atoms with Crippen molar-refractivity contribution >= 4 is 34.9 Å². The first-order valence-corrected chi connectivity index (χ1v) is 11.8. The second-order valence-corrected chi connectivity index (χ2v) is 8.47. The summed E-state index contributed by atoms with van der Waals surface area (Å²) in [4.78, 5) is 32.0. The highest BCUT2D eigenvalue weighted by molar-refractivity contribution is 7.98. The van der Waals surface area contributed by atoms with Crippen molar-refractivity contribution in [2.75, 3.05) is 43.1 Å². The largest absolute Gasteiger partial charge is 0.465 e. The number of nitrogens with zero attached hydrogens (tertiary/aromatic N) is 4. The Kier molecular flexibility index (Phi) is 8.29. The van der Waals surface area contributed by atoms with Crippen molar-refractivity contribution in [3.63, 3.8) is 0 Å². The molecule has 32 heavy (non-hydrogen) atoms. The minimum absolute atomic E-state index is 0.0148. The van der Waals surface area contributed by atoms with Crippen LogP contribution in [0.1, 0.15) is 30.9 Å². The average Bonchev–Trinajstić information content (AvgIpc) is 3.25. The summed E-state index contributed by atoms with van der Waals surface area (Å²) < 4.78 is 5.11. The van der Waals surface area contributed by atoms with E-state index in [9.17, 15) is 14.9 Å². The molecule has 0 aliphatic carbocycles. The van der Waals surface area contributed by atoms with Crippen LogP contribution in [0.5, 0.6) is 0 Å². The molecule has 2 aromatic rings. The van der Waals surface area contributed by atoms with Crippen molar-refractivity contribution in [1.82, 2.24) is 9.88 Å². The normalized spacial score (nSPS) is 13.8. The van der Waals surface area contributed by atoms with Gasteiger partial charge >= 0.3 is 11.7 Å². The summed E-state index contributed by atoms with van der Waals surface area (Å²) in [5, 5.41) is 12.3. The Morgan fingerprint density at radius 1 is 1.31 bits per heavy atom. The topological polar surface area (TPSA) is 115 Å². The van der Waals surface area contributed by atoms with Crippen LogP contribution in [0, 0.1) is 10.1 Å². The molecule has 1 aliphatic rings. The number of pyridine rings is 1. The predicted molar refractivity (Wildman–Crippen MR) is 126 cm³/mol. The third-order valence-electron chi connectivity index (χ3n) is 5.27. The Morgan fingerprint density at radius 3 is 2.69 bits per heavy atom. The van der Waals surface area contributed by atoms with E-state index in [1.165, 1.54) is 36.2 Å². The third-order valence-corrected chi connectivity index (χ3v) is 5.89. The predicted octanol–water partition coefficient (Wildman–Crippen LogP) is 3.46. The molecule has 0 amide bonds. The molecule has 1 aromatic heterocycles. The lowest BCUT2D eigenvalue weighted by Gasteiger charge is -2.24. The zero-order valence-electron chi connectivity index (χ0n) is 18.5. The van der Waals surface area contributed by atoms with Crippen LogP contribution in [-0.2, 0) is 22.6 Å². The number of hydrogen-bond donors (Lipinski definition) is 1. The number of nitrogens with two attached hydrogens (primary N) is 1. The first-order valence-electron chi connectivity index (χ1n) is 10.6. The summed E-state index contributed by atoms with van der Waals surface area (Å²) in [6.45, 7) is 5.08. The van der Waals surface area contributed by atoms with Crippen molar-refractivity contribution in [2.24, 2.45) is 0 Å². The summed E-state index contributed by atoms with van der Waals surface area (Å²) in [7, 11) is 0. The standard InChI is InChI=1S/C22H29N5O4S/c1-3-31-20(28)15-26(22-21(27(29)30)18(23)12-19(24-22)32-2)14-17-8-6-7-16(11-17)13-25-9-4-5-10-25/h6-8,11-12H,3-5,9-10,13-15H2,1-2H3,(H2,23,24). The van der Waals surface area contributed by atoms with Crippen LogP contribution in [-0.4, -0.2) is 53.3 Å². The number of nitro groups is 1. The minimum Gasteiger partial charge on any atom is -0.465 e. The molecule has 1 aliphatic heterocycles. The maximum atomic E-state index is 12.3. The van der Waals surface area contributed by atoms with Gasteiger partial charge in [-0.05, 0) is 50.2 Å². The second-order valence-electron chi connectivity index (χ2n) is 7.65. The SMILES string of the molecule is CCOC(=O)CN(Cc1cccc(CN2CCCC2)c1)c1nc(SC)cc(N)c1[N+](=O)[O-]. The van der Waals surface area contributed by atoms with Gasteiger partial charge in [0.05, 0.1) is 11.5 Å². The molecule has 2 N–H and O–H groups in total. The maximum Gasteiger partial charge on any atom is 0.334 e. The smallest absolute Gasteiger partial charge is 0.334 e. The lowest BCUT2D eigenvalue weighted by atomic mass is 10.1. The molecule has 10 heteroatoms. The zero-order valence-corrected chi connectivity index (χ0v) is 19.3. The molecule has 2 heterocycles. The minimum atomic E-state index is -0.552. The molecule has 1 fully saturated rings. The number of hydrogen-bond acceptors (Lipinski definition) is 9. The van der Waals surface area contributed by atoms with Crippen molar-refractivity contribution in [2.45, 2.75) is 37.9 Å². The molecule has 0 radical (unpaired) electrons. The van der Waals surface area contributed by atoms with Crippen LogP contribution in [0.25, 0.3) is 0 Å². The molecule has 1 saturated heterocycles. The Balaban J connectivity index is 1.94. The van der Waals surface area contributed by atoms with Gasteiger partial charge in [0.1, 0.15) is 17.3 Å². The van der Waals surface area contributed by atoms with Crippen molar-refractivity contribution in [1.29, 1.82) is 0 Å². The van der Waals surface area contributed by atoms with Crippen LogP contribution >= 0.6 is 11.8 Å². The molecular formula is C22H29N5O4S.